The second-order valence-corrected chi connectivity index (χ2v) is 8.75. The molecule has 0 saturated carbocycles. The first-order valence-electron chi connectivity index (χ1n) is 9.67. The van der Waals surface area contributed by atoms with Crippen LogP contribution in [0.15, 0.2) is 42.5 Å². The van der Waals surface area contributed by atoms with Gasteiger partial charge < -0.3 is 23.5 Å². The van der Waals surface area contributed by atoms with Crippen molar-refractivity contribution in [3.05, 3.63) is 48.0 Å². The van der Waals surface area contributed by atoms with E-state index in [2.05, 4.69) is 0 Å². The van der Waals surface area contributed by atoms with Crippen LogP contribution in [0.5, 0.6) is 17.2 Å². The van der Waals surface area contributed by atoms with E-state index in [9.17, 15) is 4.79 Å². The lowest BCUT2D eigenvalue weighted by atomic mass is 9.77. The van der Waals surface area contributed by atoms with Gasteiger partial charge in [0.15, 0.2) is 0 Å². The fourth-order valence-electron chi connectivity index (χ4n) is 3.28. The molecule has 6 nitrogen and oxygen atoms in total. The molecule has 1 saturated heterocycles. The van der Waals surface area contributed by atoms with E-state index in [0.29, 0.717) is 22.7 Å². The first kappa shape index (κ1) is 19.8. The van der Waals surface area contributed by atoms with Crippen LogP contribution in [-0.4, -0.2) is 30.1 Å². The number of carbonyl (C=O) groups excluding carboxylic acids is 1. The Morgan fingerprint density at radius 1 is 0.828 bits per heavy atom. The van der Waals surface area contributed by atoms with Crippen LogP contribution < -0.4 is 14.9 Å². The van der Waals surface area contributed by atoms with Gasteiger partial charge in [-0.25, -0.2) is 4.79 Å². The third-order valence-electron chi connectivity index (χ3n) is 5.52. The van der Waals surface area contributed by atoms with E-state index in [-0.39, 0.29) is 5.56 Å². The van der Waals surface area contributed by atoms with Crippen molar-refractivity contribution in [3.8, 4) is 17.2 Å². The van der Waals surface area contributed by atoms with Gasteiger partial charge in [-0.2, -0.15) is 0 Å². The topological polar surface area (TPSA) is 63.2 Å². The summed E-state index contributed by atoms with van der Waals surface area (Å²) >= 11 is 0. The molecule has 29 heavy (non-hydrogen) atoms. The standard InChI is InChI=1S/C22H25BO6/c1-20(2)21(3,4)29-23(28-20)15-12-13-16(25-14-10-8-7-9-11-14)17-18(15)26-22(5,6)27-19(17)24/h7-13H,1-6H3. The van der Waals surface area contributed by atoms with Gasteiger partial charge in [-0.15, -0.1) is 0 Å². The number of benzene rings is 2. The van der Waals surface area contributed by atoms with Crippen LogP contribution in [0.1, 0.15) is 51.9 Å². The van der Waals surface area contributed by atoms with Crippen molar-refractivity contribution in [3.63, 3.8) is 0 Å². The molecule has 0 atom stereocenters. The first-order valence-corrected chi connectivity index (χ1v) is 9.67. The van der Waals surface area contributed by atoms with Gasteiger partial charge in [0.1, 0.15) is 22.8 Å². The van der Waals surface area contributed by atoms with Crippen molar-refractivity contribution in [2.45, 2.75) is 58.5 Å². The third kappa shape index (κ3) is 3.49. The zero-order valence-corrected chi connectivity index (χ0v) is 17.6. The van der Waals surface area contributed by atoms with Crippen LogP contribution in [0.4, 0.5) is 0 Å². The highest BCUT2D eigenvalue weighted by atomic mass is 16.7. The van der Waals surface area contributed by atoms with Crippen LogP contribution in [0.25, 0.3) is 0 Å². The zero-order valence-electron chi connectivity index (χ0n) is 17.6. The molecule has 2 aliphatic rings. The highest BCUT2D eigenvalue weighted by molar-refractivity contribution is 6.63. The lowest BCUT2D eigenvalue weighted by Crippen LogP contribution is -2.44. The quantitative estimate of drug-likeness (QED) is 0.576. The van der Waals surface area contributed by atoms with Crippen molar-refractivity contribution >= 4 is 18.6 Å². The lowest BCUT2D eigenvalue weighted by molar-refractivity contribution is -0.127. The predicted octanol–water partition coefficient (Wildman–Crippen LogP) is 4.06. The Morgan fingerprint density at radius 2 is 1.45 bits per heavy atom. The Bertz CT molecular complexity index is 935. The number of para-hydroxylation sites is 1. The fourth-order valence-corrected chi connectivity index (χ4v) is 3.28. The SMILES string of the molecule is CC1(C)OC(=O)c2c(Oc3ccccc3)ccc(B3OC(C)(C)C(C)(C)O3)c2O1. The molecule has 0 aliphatic carbocycles. The molecule has 0 spiro atoms. The fraction of sp³-hybridized carbons (Fsp3) is 0.409. The summed E-state index contributed by atoms with van der Waals surface area (Å²) in [5.74, 6) is -0.310. The number of ether oxygens (including phenoxy) is 3. The molecule has 0 unspecified atom stereocenters. The molecule has 0 bridgehead atoms. The van der Waals surface area contributed by atoms with E-state index in [1.54, 1.807) is 19.9 Å². The highest BCUT2D eigenvalue weighted by Crippen LogP contribution is 2.41. The average Bonchev–Trinajstić information content (AvgIpc) is 2.82. The predicted molar refractivity (Wildman–Crippen MR) is 109 cm³/mol. The Labute approximate surface area is 171 Å². The Kier molecular flexibility index (Phi) is 4.44. The molecule has 0 radical (unpaired) electrons. The minimum atomic E-state index is -1.12. The molecule has 0 aromatic heterocycles. The molecule has 2 heterocycles. The first-order chi connectivity index (χ1) is 13.5. The van der Waals surface area contributed by atoms with Gasteiger partial charge in [0.2, 0.25) is 5.79 Å². The van der Waals surface area contributed by atoms with Crippen molar-refractivity contribution in [2.75, 3.05) is 0 Å². The van der Waals surface area contributed by atoms with Gasteiger partial charge in [-0.3, -0.25) is 0 Å². The van der Waals surface area contributed by atoms with Crippen LogP contribution in [0, 0.1) is 0 Å². The van der Waals surface area contributed by atoms with Crippen molar-refractivity contribution in [1.29, 1.82) is 0 Å². The van der Waals surface area contributed by atoms with Gasteiger partial charge in [0, 0.05) is 19.3 Å². The summed E-state index contributed by atoms with van der Waals surface area (Å²) in [7, 11) is -0.679. The number of hydrogen-bond donors (Lipinski definition) is 0. The van der Waals surface area contributed by atoms with E-state index in [1.807, 2.05) is 64.1 Å². The molecule has 0 N–H and O–H groups in total. The van der Waals surface area contributed by atoms with Crippen molar-refractivity contribution in [1.82, 2.24) is 0 Å². The van der Waals surface area contributed by atoms with Crippen LogP contribution in [-0.2, 0) is 14.0 Å². The number of fused-ring (bicyclic) bond motifs is 1. The number of cyclic esters (lactones) is 1. The maximum absolute atomic E-state index is 12.9. The minimum absolute atomic E-state index is 0.223. The number of hydrogen-bond acceptors (Lipinski definition) is 6. The van der Waals surface area contributed by atoms with Gasteiger partial charge in [-0.1, -0.05) is 24.3 Å². The van der Waals surface area contributed by atoms with E-state index < -0.39 is 30.1 Å². The summed E-state index contributed by atoms with van der Waals surface area (Å²) in [5, 5.41) is 0. The normalized spacial score (nSPS) is 21.2. The number of carbonyl (C=O) groups is 1. The van der Waals surface area contributed by atoms with E-state index in [0.717, 1.165) is 0 Å². The van der Waals surface area contributed by atoms with Crippen molar-refractivity contribution < 1.29 is 28.3 Å². The minimum Gasteiger partial charge on any atom is -0.456 e. The molecule has 0 amide bonds. The monoisotopic (exact) mass is 396 g/mol. The summed E-state index contributed by atoms with van der Waals surface area (Å²) < 4.78 is 29.8. The smallest absolute Gasteiger partial charge is 0.456 e. The third-order valence-corrected chi connectivity index (χ3v) is 5.52. The molecule has 2 aliphatic heterocycles. The lowest BCUT2D eigenvalue weighted by Gasteiger charge is -2.33. The maximum Gasteiger partial charge on any atom is 0.498 e. The second kappa shape index (κ2) is 6.50. The number of rotatable bonds is 3. The molecule has 4 rings (SSSR count). The average molecular weight is 396 g/mol. The van der Waals surface area contributed by atoms with Gasteiger partial charge in [0.25, 0.3) is 0 Å². The Morgan fingerprint density at radius 3 is 2.07 bits per heavy atom. The van der Waals surface area contributed by atoms with E-state index >= 15 is 0 Å². The highest BCUT2D eigenvalue weighted by Gasteiger charge is 2.53. The molecule has 152 valence electrons. The second-order valence-electron chi connectivity index (χ2n) is 8.75. The summed E-state index contributed by atoms with van der Waals surface area (Å²) in [6, 6.07) is 12.8. The van der Waals surface area contributed by atoms with E-state index in [1.165, 1.54) is 0 Å². The summed E-state index contributed by atoms with van der Waals surface area (Å²) in [6.45, 7) is 11.3. The van der Waals surface area contributed by atoms with Gasteiger partial charge >= 0.3 is 13.1 Å². The van der Waals surface area contributed by atoms with Crippen LogP contribution in [0.2, 0.25) is 0 Å². The summed E-state index contributed by atoms with van der Waals surface area (Å²) in [5.41, 5.74) is -0.188. The maximum atomic E-state index is 12.9. The Balaban J connectivity index is 1.80. The molecular weight excluding hydrogens is 371 g/mol. The van der Waals surface area contributed by atoms with Gasteiger partial charge in [0.05, 0.1) is 11.2 Å². The molecule has 1 fully saturated rings. The van der Waals surface area contributed by atoms with Crippen molar-refractivity contribution in [2.24, 2.45) is 0 Å². The van der Waals surface area contributed by atoms with E-state index in [4.69, 9.17) is 23.5 Å². The molecular formula is C22H25BO6. The summed E-state index contributed by atoms with van der Waals surface area (Å²) in [4.78, 5) is 12.9. The number of esters is 1. The Hall–Kier alpha value is -2.51. The van der Waals surface area contributed by atoms with Crippen LogP contribution in [0.3, 0.4) is 0 Å². The molecule has 7 heteroatoms. The van der Waals surface area contributed by atoms with Gasteiger partial charge in [-0.05, 0) is 45.9 Å². The summed E-state index contributed by atoms with van der Waals surface area (Å²) in [6.07, 6.45) is 0. The molecule has 2 aromatic rings. The largest absolute Gasteiger partial charge is 0.498 e. The zero-order chi connectivity index (χ0) is 21.0. The molecule has 2 aromatic carbocycles. The van der Waals surface area contributed by atoms with Crippen LogP contribution >= 0.6 is 0 Å².